The van der Waals surface area contributed by atoms with E-state index in [1.807, 2.05) is 14.1 Å². The minimum atomic E-state index is 0.564. The molecule has 0 amide bonds. The van der Waals surface area contributed by atoms with Gasteiger partial charge in [-0.2, -0.15) is 0 Å². The highest BCUT2D eigenvalue weighted by Gasteiger charge is 2.29. The summed E-state index contributed by atoms with van der Waals surface area (Å²) >= 11 is 0. The van der Waals surface area contributed by atoms with Crippen LogP contribution >= 0.6 is 0 Å². The van der Waals surface area contributed by atoms with Crippen molar-refractivity contribution in [2.45, 2.75) is 45.7 Å². The monoisotopic (exact) mass is 247 g/mol. The minimum Gasteiger partial charge on any atom is -0.363 e. The van der Waals surface area contributed by atoms with Gasteiger partial charge in [0.1, 0.15) is 5.82 Å². The average molecular weight is 247 g/mol. The third-order valence-electron chi connectivity index (χ3n) is 3.89. The van der Waals surface area contributed by atoms with Gasteiger partial charge in [0.25, 0.3) is 0 Å². The summed E-state index contributed by atoms with van der Waals surface area (Å²) in [5, 5.41) is 0. The molecule has 18 heavy (non-hydrogen) atoms. The van der Waals surface area contributed by atoms with Gasteiger partial charge in [0.2, 0.25) is 0 Å². The van der Waals surface area contributed by atoms with E-state index in [4.69, 9.17) is 4.98 Å². The van der Waals surface area contributed by atoms with E-state index in [1.165, 1.54) is 30.6 Å². The van der Waals surface area contributed by atoms with Crippen molar-refractivity contribution in [3.8, 4) is 0 Å². The van der Waals surface area contributed by atoms with Gasteiger partial charge in [-0.05, 0) is 51.8 Å². The van der Waals surface area contributed by atoms with Crippen molar-refractivity contribution in [2.24, 2.45) is 0 Å². The van der Waals surface area contributed by atoms with E-state index in [-0.39, 0.29) is 0 Å². The Bertz CT molecular complexity index is 412. The van der Waals surface area contributed by atoms with E-state index >= 15 is 0 Å². The quantitative estimate of drug-likeness (QED) is 0.818. The van der Waals surface area contributed by atoms with Gasteiger partial charge in [-0.1, -0.05) is 6.07 Å². The second-order valence-corrected chi connectivity index (χ2v) is 5.73. The maximum absolute atomic E-state index is 4.71. The van der Waals surface area contributed by atoms with Crippen LogP contribution in [0.5, 0.6) is 0 Å². The molecule has 0 aromatic carbocycles. The molecule has 1 aliphatic rings. The first-order chi connectivity index (χ1) is 8.50. The molecule has 0 radical (unpaired) electrons. The molecule has 0 aliphatic carbocycles. The number of anilines is 1. The van der Waals surface area contributed by atoms with Crippen molar-refractivity contribution in [1.29, 1.82) is 0 Å². The number of hydrogen-bond donors (Lipinski definition) is 0. The van der Waals surface area contributed by atoms with Gasteiger partial charge in [-0.25, -0.2) is 4.98 Å². The molecule has 1 aliphatic heterocycles. The number of pyridine rings is 1. The summed E-state index contributed by atoms with van der Waals surface area (Å²) in [6.45, 7) is 7.93. The number of aromatic nitrogens is 1. The molecule has 1 atom stereocenters. The normalized spacial score (nSPS) is 20.7. The number of aryl methyl sites for hydroxylation is 1. The molecule has 3 heteroatoms. The Labute approximate surface area is 111 Å². The SMILES string of the molecule is Cc1nc(N(C)C)ccc1[C@@H]1CCCN1C(C)C. The van der Waals surface area contributed by atoms with E-state index in [2.05, 4.69) is 42.7 Å². The van der Waals surface area contributed by atoms with Crippen LogP contribution in [0.2, 0.25) is 0 Å². The van der Waals surface area contributed by atoms with Gasteiger partial charge in [-0.3, -0.25) is 4.90 Å². The minimum absolute atomic E-state index is 0.564. The Morgan fingerprint density at radius 2 is 2.06 bits per heavy atom. The predicted octanol–water partition coefficient (Wildman–Crippen LogP) is 3.00. The largest absolute Gasteiger partial charge is 0.363 e. The Hall–Kier alpha value is -1.09. The molecule has 0 saturated carbocycles. The molecular weight excluding hydrogens is 222 g/mol. The van der Waals surface area contributed by atoms with E-state index in [0.717, 1.165) is 5.82 Å². The fourth-order valence-corrected chi connectivity index (χ4v) is 2.90. The highest BCUT2D eigenvalue weighted by atomic mass is 15.2. The van der Waals surface area contributed by atoms with E-state index in [9.17, 15) is 0 Å². The second-order valence-electron chi connectivity index (χ2n) is 5.73. The molecule has 0 unspecified atom stereocenters. The highest BCUT2D eigenvalue weighted by molar-refractivity contribution is 5.41. The lowest BCUT2D eigenvalue weighted by Crippen LogP contribution is -2.30. The molecule has 1 saturated heterocycles. The summed E-state index contributed by atoms with van der Waals surface area (Å²) in [6, 6.07) is 5.58. The molecule has 0 spiro atoms. The van der Waals surface area contributed by atoms with E-state index in [1.54, 1.807) is 0 Å². The standard InChI is InChI=1S/C15H25N3/c1-11(2)18-10-6-7-14(18)13-8-9-15(17(4)5)16-12(13)3/h8-9,11,14H,6-7,10H2,1-5H3/t14-/m0/s1. The smallest absolute Gasteiger partial charge is 0.128 e. The van der Waals surface area contributed by atoms with Gasteiger partial charge in [0, 0.05) is 31.9 Å². The predicted molar refractivity (Wildman–Crippen MR) is 77.1 cm³/mol. The van der Waals surface area contributed by atoms with Gasteiger partial charge in [-0.15, -0.1) is 0 Å². The van der Waals surface area contributed by atoms with Crippen LogP contribution in [-0.4, -0.2) is 36.6 Å². The number of nitrogens with zero attached hydrogens (tertiary/aromatic N) is 3. The van der Waals surface area contributed by atoms with Crippen molar-refractivity contribution in [3.63, 3.8) is 0 Å². The van der Waals surface area contributed by atoms with Crippen LogP contribution in [0.25, 0.3) is 0 Å². The maximum atomic E-state index is 4.71. The summed E-state index contributed by atoms with van der Waals surface area (Å²) in [5.74, 6) is 1.05. The first kappa shape index (κ1) is 13.3. The topological polar surface area (TPSA) is 19.4 Å². The fourth-order valence-electron chi connectivity index (χ4n) is 2.90. The van der Waals surface area contributed by atoms with Gasteiger partial charge < -0.3 is 4.90 Å². The maximum Gasteiger partial charge on any atom is 0.128 e. The van der Waals surface area contributed by atoms with Crippen LogP contribution in [0, 0.1) is 6.92 Å². The molecule has 0 bridgehead atoms. The van der Waals surface area contributed by atoms with Gasteiger partial charge in [0.15, 0.2) is 0 Å². The Balaban J connectivity index is 2.28. The second kappa shape index (κ2) is 5.27. The summed E-state index contributed by atoms with van der Waals surface area (Å²) in [6.07, 6.45) is 2.57. The zero-order valence-corrected chi connectivity index (χ0v) is 12.3. The summed E-state index contributed by atoms with van der Waals surface area (Å²) in [4.78, 5) is 9.37. The molecule has 1 fully saturated rings. The third-order valence-corrected chi connectivity index (χ3v) is 3.89. The molecule has 0 N–H and O–H groups in total. The van der Waals surface area contributed by atoms with Crippen LogP contribution in [0.1, 0.15) is 44.0 Å². The molecule has 1 aromatic heterocycles. The number of likely N-dealkylation sites (tertiary alicyclic amines) is 1. The lowest BCUT2D eigenvalue weighted by molar-refractivity contribution is 0.204. The Morgan fingerprint density at radius 3 is 2.61 bits per heavy atom. The van der Waals surface area contributed by atoms with Gasteiger partial charge in [0.05, 0.1) is 0 Å². The summed E-state index contributed by atoms with van der Waals surface area (Å²) < 4.78 is 0. The van der Waals surface area contributed by atoms with E-state index in [0.29, 0.717) is 12.1 Å². The van der Waals surface area contributed by atoms with Crippen LogP contribution in [0.15, 0.2) is 12.1 Å². The van der Waals surface area contributed by atoms with Crippen LogP contribution in [0.3, 0.4) is 0 Å². The van der Waals surface area contributed by atoms with Gasteiger partial charge >= 0.3 is 0 Å². The lowest BCUT2D eigenvalue weighted by Gasteiger charge is -2.29. The molecular formula is C15H25N3. The first-order valence-electron chi connectivity index (χ1n) is 6.91. The molecule has 2 heterocycles. The third kappa shape index (κ3) is 2.51. The summed E-state index contributed by atoms with van der Waals surface area (Å²) in [7, 11) is 4.08. The zero-order valence-electron chi connectivity index (χ0n) is 12.3. The van der Waals surface area contributed by atoms with Crippen LogP contribution in [0.4, 0.5) is 5.82 Å². The fraction of sp³-hybridized carbons (Fsp3) is 0.667. The van der Waals surface area contributed by atoms with Crippen molar-refractivity contribution in [2.75, 3.05) is 25.5 Å². The summed E-state index contributed by atoms with van der Waals surface area (Å²) in [5.41, 5.74) is 2.59. The molecule has 100 valence electrons. The average Bonchev–Trinajstić information content (AvgIpc) is 2.77. The zero-order chi connectivity index (χ0) is 13.3. The van der Waals surface area contributed by atoms with Crippen molar-refractivity contribution in [1.82, 2.24) is 9.88 Å². The van der Waals surface area contributed by atoms with Crippen molar-refractivity contribution < 1.29 is 0 Å². The Morgan fingerprint density at radius 1 is 1.33 bits per heavy atom. The van der Waals surface area contributed by atoms with Crippen LogP contribution < -0.4 is 4.90 Å². The molecule has 1 aromatic rings. The highest BCUT2D eigenvalue weighted by Crippen LogP contribution is 2.35. The number of hydrogen-bond acceptors (Lipinski definition) is 3. The first-order valence-corrected chi connectivity index (χ1v) is 6.91. The lowest BCUT2D eigenvalue weighted by atomic mass is 10.0. The van der Waals surface area contributed by atoms with E-state index < -0.39 is 0 Å². The molecule has 2 rings (SSSR count). The molecule has 3 nitrogen and oxygen atoms in total. The van der Waals surface area contributed by atoms with Crippen molar-refractivity contribution in [3.05, 3.63) is 23.4 Å². The van der Waals surface area contributed by atoms with Crippen LogP contribution in [-0.2, 0) is 0 Å². The Kier molecular flexibility index (Phi) is 3.91. The van der Waals surface area contributed by atoms with Crippen molar-refractivity contribution >= 4 is 5.82 Å². The number of rotatable bonds is 3.